The van der Waals surface area contributed by atoms with Gasteiger partial charge in [-0.05, 0) is 37.1 Å². The Morgan fingerprint density at radius 3 is 2.74 bits per heavy atom. The van der Waals surface area contributed by atoms with Gasteiger partial charge in [-0.1, -0.05) is 24.9 Å². The first-order valence-electron chi connectivity index (χ1n) is 7.09. The highest BCUT2D eigenvalue weighted by Crippen LogP contribution is 2.30. The largest absolute Gasteiger partial charge is 0.465 e. The highest BCUT2D eigenvalue weighted by Gasteiger charge is 2.31. The molecule has 0 spiro atoms. The molecule has 19 heavy (non-hydrogen) atoms. The third-order valence-electron chi connectivity index (χ3n) is 3.71. The lowest BCUT2D eigenvalue weighted by Gasteiger charge is -2.31. The van der Waals surface area contributed by atoms with Crippen LogP contribution in [0.3, 0.4) is 0 Å². The molecule has 0 saturated heterocycles. The summed E-state index contributed by atoms with van der Waals surface area (Å²) in [5, 5.41) is 6.66. The highest BCUT2D eigenvalue weighted by molar-refractivity contribution is 5.76. The molecule has 6 heteroatoms. The predicted molar refractivity (Wildman–Crippen MR) is 73.6 cm³/mol. The molecule has 0 aromatic heterocycles. The zero-order chi connectivity index (χ0) is 14.1. The number of rotatable bonds is 7. The summed E-state index contributed by atoms with van der Waals surface area (Å²) in [4.78, 5) is 14.7. The summed E-state index contributed by atoms with van der Waals surface area (Å²) in [6, 6.07) is -0.263. The lowest BCUT2D eigenvalue weighted by atomic mass is 9.79. The van der Waals surface area contributed by atoms with E-state index in [0.717, 1.165) is 18.8 Å². The average Bonchev–Trinajstić information content (AvgIpc) is 2.40. The minimum Gasteiger partial charge on any atom is -0.465 e. The first-order chi connectivity index (χ1) is 9.19. The number of nitrogens with one attached hydrogen (secondary N) is 1. The maximum atomic E-state index is 12.0. The molecule has 1 N–H and O–H groups in total. The third-order valence-corrected chi connectivity index (χ3v) is 3.71. The second kappa shape index (κ2) is 8.77. The van der Waals surface area contributed by atoms with Crippen molar-refractivity contribution in [3.63, 3.8) is 0 Å². The van der Waals surface area contributed by atoms with Crippen molar-refractivity contribution in [3.05, 3.63) is 10.4 Å². The molecule has 0 heterocycles. The van der Waals surface area contributed by atoms with Crippen LogP contribution in [0, 0.1) is 11.8 Å². The van der Waals surface area contributed by atoms with Crippen LogP contribution in [0.5, 0.6) is 0 Å². The third kappa shape index (κ3) is 5.49. The predicted octanol–water partition coefficient (Wildman–Crippen LogP) is 2.64. The second-order valence-corrected chi connectivity index (χ2v) is 5.16. The molecule has 1 atom stereocenters. The lowest BCUT2D eigenvalue weighted by Crippen LogP contribution is -2.46. The summed E-state index contributed by atoms with van der Waals surface area (Å²) in [6.07, 6.45) is 4.44. The van der Waals surface area contributed by atoms with Crippen LogP contribution in [0.15, 0.2) is 5.11 Å². The van der Waals surface area contributed by atoms with E-state index in [4.69, 9.17) is 10.3 Å². The quantitative estimate of drug-likeness (QED) is 0.253. The van der Waals surface area contributed by atoms with Crippen molar-refractivity contribution in [3.8, 4) is 0 Å². The van der Waals surface area contributed by atoms with Gasteiger partial charge >= 0.3 is 5.97 Å². The minimum absolute atomic E-state index is 0.178. The molecule has 1 saturated carbocycles. The smallest absolute Gasteiger partial charge is 0.323 e. The maximum absolute atomic E-state index is 12.0. The van der Waals surface area contributed by atoms with Gasteiger partial charge in [0.05, 0.1) is 6.61 Å². The van der Waals surface area contributed by atoms with Gasteiger partial charge < -0.3 is 10.1 Å². The summed E-state index contributed by atoms with van der Waals surface area (Å²) < 4.78 is 5.14. The molecular weight excluding hydrogens is 244 g/mol. The fourth-order valence-corrected chi connectivity index (χ4v) is 2.61. The first kappa shape index (κ1) is 15.8. The maximum Gasteiger partial charge on any atom is 0.323 e. The monoisotopic (exact) mass is 268 g/mol. The number of carbonyl (C=O) groups excluding carboxylic acids is 1. The molecule has 0 aliphatic heterocycles. The molecule has 1 fully saturated rings. The fourth-order valence-electron chi connectivity index (χ4n) is 2.61. The summed E-state index contributed by atoms with van der Waals surface area (Å²) >= 11 is 0. The van der Waals surface area contributed by atoms with Gasteiger partial charge in [0.1, 0.15) is 6.04 Å². The molecule has 108 valence electrons. The molecule has 1 aliphatic rings. The number of carbonyl (C=O) groups is 1. The van der Waals surface area contributed by atoms with Crippen LogP contribution < -0.4 is 5.32 Å². The molecule has 0 bridgehead atoms. The lowest BCUT2D eigenvalue weighted by molar-refractivity contribution is -0.147. The van der Waals surface area contributed by atoms with Crippen molar-refractivity contribution < 1.29 is 9.53 Å². The van der Waals surface area contributed by atoms with Crippen LogP contribution in [0.1, 0.15) is 39.5 Å². The molecule has 0 aromatic rings. The van der Waals surface area contributed by atoms with Gasteiger partial charge in [-0.25, -0.2) is 0 Å². The number of hydrogen-bond donors (Lipinski definition) is 1. The molecule has 0 amide bonds. The van der Waals surface area contributed by atoms with Crippen LogP contribution in [0.2, 0.25) is 0 Å². The van der Waals surface area contributed by atoms with E-state index in [2.05, 4.69) is 22.3 Å². The highest BCUT2D eigenvalue weighted by atomic mass is 16.5. The van der Waals surface area contributed by atoms with Crippen LogP contribution in [-0.2, 0) is 9.53 Å². The van der Waals surface area contributed by atoms with E-state index in [9.17, 15) is 4.79 Å². The zero-order valence-corrected chi connectivity index (χ0v) is 11.8. The van der Waals surface area contributed by atoms with Crippen LogP contribution >= 0.6 is 0 Å². The zero-order valence-electron chi connectivity index (χ0n) is 11.8. The molecular formula is C13H24N4O2. The van der Waals surface area contributed by atoms with Crippen LogP contribution in [0.4, 0.5) is 0 Å². The van der Waals surface area contributed by atoms with Gasteiger partial charge in [-0.15, -0.1) is 0 Å². The summed E-state index contributed by atoms with van der Waals surface area (Å²) in [6.45, 7) is 5.34. The Balaban J connectivity index is 2.52. The van der Waals surface area contributed by atoms with Gasteiger partial charge in [0.2, 0.25) is 0 Å². The van der Waals surface area contributed by atoms with Crippen LogP contribution in [0.25, 0.3) is 10.4 Å². The Hall–Kier alpha value is -1.26. The van der Waals surface area contributed by atoms with Gasteiger partial charge in [0.15, 0.2) is 0 Å². The Morgan fingerprint density at radius 1 is 1.47 bits per heavy atom. The molecule has 6 nitrogen and oxygen atoms in total. The number of hydrogen-bond acceptors (Lipinski definition) is 4. The molecule has 1 rings (SSSR count). The van der Waals surface area contributed by atoms with Crippen molar-refractivity contribution in [1.29, 1.82) is 0 Å². The minimum atomic E-state index is -0.263. The number of esters is 1. The van der Waals surface area contributed by atoms with Crippen LogP contribution in [-0.4, -0.2) is 31.7 Å². The van der Waals surface area contributed by atoms with Crippen molar-refractivity contribution in [1.82, 2.24) is 5.32 Å². The summed E-state index contributed by atoms with van der Waals surface area (Å²) in [5.41, 5.74) is 8.24. The summed E-state index contributed by atoms with van der Waals surface area (Å²) in [5.74, 6) is 0.909. The number of ether oxygens (including phenoxy) is 1. The van der Waals surface area contributed by atoms with Gasteiger partial charge in [-0.2, -0.15) is 0 Å². The Morgan fingerprint density at radius 2 is 2.16 bits per heavy atom. The van der Waals surface area contributed by atoms with Crippen molar-refractivity contribution >= 4 is 5.97 Å². The number of nitrogens with zero attached hydrogens (tertiary/aromatic N) is 3. The van der Waals surface area contributed by atoms with Gasteiger partial charge in [-0.3, -0.25) is 4.79 Å². The SMILES string of the molecule is CCOC(=O)C(NCCN=[N+]=[N-])C1CCC(C)CC1. The van der Waals surface area contributed by atoms with E-state index in [0.29, 0.717) is 25.6 Å². The molecule has 0 radical (unpaired) electrons. The second-order valence-electron chi connectivity index (χ2n) is 5.16. The number of azide groups is 1. The van der Waals surface area contributed by atoms with E-state index >= 15 is 0 Å². The Labute approximate surface area is 114 Å². The van der Waals surface area contributed by atoms with Crippen molar-refractivity contribution in [2.24, 2.45) is 17.0 Å². The summed E-state index contributed by atoms with van der Waals surface area (Å²) in [7, 11) is 0. The van der Waals surface area contributed by atoms with E-state index in [1.165, 1.54) is 12.8 Å². The Bertz CT molecular complexity index is 321. The molecule has 0 aromatic carbocycles. The van der Waals surface area contributed by atoms with Gasteiger partial charge in [0.25, 0.3) is 0 Å². The van der Waals surface area contributed by atoms with Gasteiger partial charge in [0, 0.05) is 18.0 Å². The molecule has 1 unspecified atom stereocenters. The topological polar surface area (TPSA) is 87.1 Å². The van der Waals surface area contributed by atoms with E-state index < -0.39 is 0 Å². The fraction of sp³-hybridized carbons (Fsp3) is 0.923. The van der Waals surface area contributed by atoms with E-state index in [-0.39, 0.29) is 12.0 Å². The Kier molecular flexibility index (Phi) is 7.30. The normalized spacial score (nSPS) is 24.3. The molecule has 1 aliphatic carbocycles. The van der Waals surface area contributed by atoms with Crippen molar-refractivity contribution in [2.45, 2.75) is 45.6 Å². The van der Waals surface area contributed by atoms with Crippen molar-refractivity contribution in [2.75, 3.05) is 19.7 Å². The first-order valence-corrected chi connectivity index (χ1v) is 7.09. The standard InChI is InChI=1S/C13H24N4O2/c1-3-19-13(18)12(15-8-9-16-17-14)11-6-4-10(2)5-7-11/h10-12,15H,3-9H2,1-2H3. The average molecular weight is 268 g/mol. The van der Waals surface area contributed by atoms with E-state index in [1.54, 1.807) is 0 Å². The van der Waals surface area contributed by atoms with E-state index in [1.807, 2.05) is 6.92 Å².